The smallest absolute Gasteiger partial charge is 0.229 e. The van der Waals surface area contributed by atoms with E-state index in [-0.39, 0.29) is 12.3 Å². The predicted octanol–water partition coefficient (Wildman–Crippen LogP) is 2.00. The summed E-state index contributed by atoms with van der Waals surface area (Å²) in [6, 6.07) is 7.18. The van der Waals surface area contributed by atoms with E-state index in [2.05, 4.69) is 31.2 Å². The van der Waals surface area contributed by atoms with E-state index in [0.29, 0.717) is 16.1 Å². The van der Waals surface area contributed by atoms with Gasteiger partial charge in [-0.1, -0.05) is 12.1 Å². The summed E-state index contributed by atoms with van der Waals surface area (Å²) in [6.07, 6.45) is 3.29. The monoisotopic (exact) mass is 306 g/mol. The number of rotatable bonds is 3. The Balaban J connectivity index is 1.96. The number of hydrogen-bond acceptors (Lipinski definition) is 4. The summed E-state index contributed by atoms with van der Waals surface area (Å²) in [5.74, 6) is 0.287. The number of nitrogens with two attached hydrogens (primary N) is 1. The van der Waals surface area contributed by atoms with Crippen molar-refractivity contribution in [2.45, 2.75) is 6.42 Å². The van der Waals surface area contributed by atoms with Gasteiger partial charge in [0.25, 0.3) is 0 Å². The number of nitrogens with zero attached hydrogens (tertiary/aromatic N) is 2. The standard InChI is InChI=1S/C12H11BrN4O/c13-10-6-16-11(7-15-10)17-12(18)5-8-1-3-9(14)4-2-8/h1-4,6-7H,5,14H2,(H,16,17,18). The molecule has 0 fully saturated rings. The van der Waals surface area contributed by atoms with Crippen LogP contribution < -0.4 is 11.1 Å². The molecule has 0 spiro atoms. The van der Waals surface area contributed by atoms with Gasteiger partial charge in [-0.05, 0) is 33.6 Å². The minimum absolute atomic E-state index is 0.142. The van der Waals surface area contributed by atoms with Gasteiger partial charge in [0.1, 0.15) is 4.60 Å². The summed E-state index contributed by atoms with van der Waals surface area (Å²) in [7, 11) is 0. The summed E-state index contributed by atoms with van der Waals surface area (Å²) in [4.78, 5) is 19.7. The summed E-state index contributed by atoms with van der Waals surface area (Å²) < 4.78 is 0.624. The molecule has 0 radical (unpaired) electrons. The third kappa shape index (κ3) is 3.53. The molecule has 2 rings (SSSR count). The van der Waals surface area contributed by atoms with Crippen molar-refractivity contribution < 1.29 is 4.79 Å². The number of benzene rings is 1. The highest BCUT2D eigenvalue weighted by atomic mass is 79.9. The van der Waals surface area contributed by atoms with Crippen LogP contribution in [0.3, 0.4) is 0 Å². The molecule has 0 saturated heterocycles. The molecule has 0 atom stereocenters. The summed E-state index contributed by atoms with van der Waals surface area (Å²) in [6.45, 7) is 0. The van der Waals surface area contributed by atoms with E-state index in [9.17, 15) is 4.79 Å². The van der Waals surface area contributed by atoms with Crippen LogP contribution in [-0.4, -0.2) is 15.9 Å². The summed E-state index contributed by atoms with van der Waals surface area (Å²) in [5, 5.41) is 2.67. The molecule has 0 bridgehead atoms. The normalized spacial score (nSPS) is 10.1. The molecule has 0 unspecified atom stereocenters. The van der Waals surface area contributed by atoms with Gasteiger partial charge in [0.2, 0.25) is 5.91 Å². The Hall–Kier alpha value is -1.95. The first-order valence-corrected chi connectivity index (χ1v) is 6.04. The van der Waals surface area contributed by atoms with E-state index < -0.39 is 0 Å². The van der Waals surface area contributed by atoms with E-state index >= 15 is 0 Å². The fourth-order valence-electron chi connectivity index (χ4n) is 1.38. The maximum absolute atomic E-state index is 11.7. The van der Waals surface area contributed by atoms with Crippen molar-refractivity contribution in [2.75, 3.05) is 11.1 Å². The van der Waals surface area contributed by atoms with Crippen LogP contribution in [0.4, 0.5) is 11.5 Å². The van der Waals surface area contributed by atoms with Crippen LogP contribution >= 0.6 is 15.9 Å². The first-order chi connectivity index (χ1) is 8.63. The van der Waals surface area contributed by atoms with Crippen molar-refractivity contribution >= 4 is 33.3 Å². The SMILES string of the molecule is Nc1ccc(CC(=O)Nc2cnc(Br)cn2)cc1. The Labute approximate surface area is 113 Å². The van der Waals surface area contributed by atoms with E-state index in [1.807, 2.05) is 12.1 Å². The van der Waals surface area contributed by atoms with E-state index in [1.54, 1.807) is 12.1 Å². The van der Waals surface area contributed by atoms with Crippen molar-refractivity contribution in [1.82, 2.24) is 9.97 Å². The lowest BCUT2D eigenvalue weighted by Crippen LogP contribution is -2.15. The third-order valence-corrected chi connectivity index (χ3v) is 2.64. The lowest BCUT2D eigenvalue weighted by Gasteiger charge is -2.04. The number of aromatic nitrogens is 2. The van der Waals surface area contributed by atoms with Crippen LogP contribution in [0.1, 0.15) is 5.56 Å². The predicted molar refractivity (Wildman–Crippen MR) is 72.9 cm³/mol. The van der Waals surface area contributed by atoms with Crippen molar-refractivity contribution in [3.05, 3.63) is 46.8 Å². The molecule has 0 aliphatic rings. The fraction of sp³-hybridized carbons (Fsp3) is 0.0833. The molecule has 5 nitrogen and oxygen atoms in total. The van der Waals surface area contributed by atoms with Gasteiger partial charge in [-0.3, -0.25) is 4.79 Å². The first-order valence-electron chi connectivity index (χ1n) is 5.25. The Bertz CT molecular complexity index is 490. The van der Waals surface area contributed by atoms with Gasteiger partial charge in [-0.25, -0.2) is 9.97 Å². The van der Waals surface area contributed by atoms with Crippen molar-refractivity contribution in [3.8, 4) is 0 Å². The van der Waals surface area contributed by atoms with Gasteiger partial charge >= 0.3 is 0 Å². The molecule has 1 aromatic heterocycles. The van der Waals surface area contributed by atoms with Gasteiger partial charge in [-0.2, -0.15) is 0 Å². The number of nitrogens with one attached hydrogen (secondary N) is 1. The van der Waals surface area contributed by atoms with Gasteiger partial charge < -0.3 is 11.1 Å². The number of hydrogen-bond donors (Lipinski definition) is 2. The molecule has 1 heterocycles. The molecule has 2 aromatic rings. The molecule has 0 saturated carbocycles. The van der Waals surface area contributed by atoms with Crippen LogP contribution in [0.15, 0.2) is 41.3 Å². The van der Waals surface area contributed by atoms with Crippen molar-refractivity contribution in [1.29, 1.82) is 0 Å². The van der Waals surface area contributed by atoms with Gasteiger partial charge in [0, 0.05) is 5.69 Å². The average Bonchev–Trinajstić information content (AvgIpc) is 2.35. The van der Waals surface area contributed by atoms with Gasteiger partial charge in [-0.15, -0.1) is 0 Å². The molecule has 3 N–H and O–H groups in total. The zero-order valence-electron chi connectivity index (χ0n) is 9.43. The highest BCUT2D eigenvalue weighted by Gasteiger charge is 2.05. The number of carbonyl (C=O) groups excluding carboxylic acids is 1. The second-order valence-electron chi connectivity index (χ2n) is 3.69. The number of anilines is 2. The van der Waals surface area contributed by atoms with E-state index in [1.165, 1.54) is 12.4 Å². The Morgan fingerprint density at radius 3 is 2.56 bits per heavy atom. The zero-order chi connectivity index (χ0) is 13.0. The zero-order valence-corrected chi connectivity index (χ0v) is 11.0. The maximum atomic E-state index is 11.7. The molecule has 18 heavy (non-hydrogen) atoms. The number of carbonyl (C=O) groups is 1. The molecule has 6 heteroatoms. The van der Waals surface area contributed by atoms with Crippen LogP contribution in [0.2, 0.25) is 0 Å². The van der Waals surface area contributed by atoms with Crippen molar-refractivity contribution in [2.24, 2.45) is 0 Å². The average molecular weight is 307 g/mol. The minimum atomic E-state index is -0.142. The van der Waals surface area contributed by atoms with Gasteiger partial charge in [0.05, 0.1) is 18.8 Å². The highest BCUT2D eigenvalue weighted by Crippen LogP contribution is 2.09. The Morgan fingerprint density at radius 1 is 1.22 bits per heavy atom. The molecule has 1 amide bonds. The highest BCUT2D eigenvalue weighted by molar-refractivity contribution is 9.10. The second kappa shape index (κ2) is 5.59. The second-order valence-corrected chi connectivity index (χ2v) is 4.50. The molecule has 92 valence electrons. The lowest BCUT2D eigenvalue weighted by atomic mass is 10.1. The quantitative estimate of drug-likeness (QED) is 0.850. The molecule has 0 aliphatic carbocycles. The van der Waals surface area contributed by atoms with Crippen LogP contribution in [0.5, 0.6) is 0 Å². The molecular weight excluding hydrogens is 296 g/mol. The Kier molecular flexibility index (Phi) is 3.88. The number of amides is 1. The first kappa shape index (κ1) is 12.5. The summed E-state index contributed by atoms with van der Waals surface area (Å²) >= 11 is 3.17. The number of halogens is 1. The fourth-order valence-corrected chi connectivity index (χ4v) is 1.59. The Morgan fingerprint density at radius 2 is 1.94 bits per heavy atom. The molecule has 1 aromatic carbocycles. The molecular formula is C12H11BrN4O. The third-order valence-electron chi connectivity index (χ3n) is 2.23. The van der Waals surface area contributed by atoms with Gasteiger partial charge in [0.15, 0.2) is 5.82 Å². The van der Waals surface area contributed by atoms with Crippen molar-refractivity contribution in [3.63, 3.8) is 0 Å². The maximum Gasteiger partial charge on any atom is 0.229 e. The minimum Gasteiger partial charge on any atom is -0.399 e. The van der Waals surface area contributed by atoms with E-state index in [0.717, 1.165) is 5.56 Å². The van der Waals surface area contributed by atoms with Crippen LogP contribution in [-0.2, 0) is 11.2 Å². The largest absolute Gasteiger partial charge is 0.399 e. The van der Waals surface area contributed by atoms with E-state index in [4.69, 9.17) is 5.73 Å². The number of nitrogen functional groups attached to an aromatic ring is 1. The van der Waals surface area contributed by atoms with Crippen LogP contribution in [0, 0.1) is 0 Å². The summed E-state index contributed by atoms with van der Waals surface area (Å²) in [5.41, 5.74) is 7.15. The van der Waals surface area contributed by atoms with Crippen LogP contribution in [0.25, 0.3) is 0 Å². The topological polar surface area (TPSA) is 80.9 Å². The molecule has 0 aliphatic heterocycles. The lowest BCUT2D eigenvalue weighted by molar-refractivity contribution is -0.115.